The molecule has 0 aliphatic carbocycles. The van der Waals surface area contributed by atoms with Gasteiger partial charge in [0.2, 0.25) is 0 Å². The number of methoxy groups -OCH3 is 1. The number of rotatable bonds is 8. The first-order chi connectivity index (χ1) is 9.21. The molecule has 1 rings (SSSR count). The van der Waals surface area contributed by atoms with Crippen LogP contribution in [0.15, 0.2) is 24.3 Å². The molecule has 19 heavy (non-hydrogen) atoms. The second-order valence-corrected chi connectivity index (χ2v) is 4.33. The molecule has 4 nitrogen and oxygen atoms in total. The molecule has 0 heterocycles. The Bertz CT molecular complexity index is 393. The van der Waals surface area contributed by atoms with Gasteiger partial charge in [-0.3, -0.25) is 9.69 Å². The fraction of sp³-hybridized carbons (Fsp3) is 0.533. The third-order valence-electron chi connectivity index (χ3n) is 2.79. The van der Waals surface area contributed by atoms with Gasteiger partial charge < -0.3 is 9.47 Å². The number of hydrogen-bond donors (Lipinski definition) is 0. The van der Waals surface area contributed by atoms with E-state index in [1.54, 1.807) is 0 Å². The zero-order valence-corrected chi connectivity index (χ0v) is 12.0. The van der Waals surface area contributed by atoms with Gasteiger partial charge in [0.05, 0.1) is 20.3 Å². The molecule has 0 amide bonds. The highest BCUT2D eigenvalue weighted by molar-refractivity contribution is 5.71. The third-order valence-corrected chi connectivity index (χ3v) is 2.79. The predicted octanol–water partition coefficient (Wildman–Crippen LogP) is 2.47. The van der Waals surface area contributed by atoms with Crippen molar-refractivity contribution < 1.29 is 14.3 Å². The molecule has 0 aliphatic rings. The van der Waals surface area contributed by atoms with Crippen molar-refractivity contribution >= 4 is 5.97 Å². The monoisotopic (exact) mass is 265 g/mol. The van der Waals surface area contributed by atoms with Crippen molar-refractivity contribution in [3.05, 3.63) is 29.8 Å². The summed E-state index contributed by atoms with van der Waals surface area (Å²) in [6, 6.07) is 7.94. The average Bonchev–Trinajstić information content (AvgIpc) is 2.41. The Hall–Kier alpha value is -1.55. The summed E-state index contributed by atoms with van der Waals surface area (Å²) in [4.78, 5) is 13.5. The molecule has 0 radical (unpaired) electrons. The lowest BCUT2D eigenvalue weighted by molar-refractivity contribution is -0.142. The Morgan fingerprint density at radius 2 is 2.00 bits per heavy atom. The molecule has 106 valence electrons. The van der Waals surface area contributed by atoms with E-state index in [0.717, 1.165) is 24.3 Å². The maximum absolute atomic E-state index is 11.4. The SMILES string of the molecule is CCCN(CC(=O)OC)Cc1ccccc1OCC. The normalized spacial score (nSPS) is 10.5. The standard InChI is InChI=1S/C15H23NO3/c1-4-10-16(12-15(17)18-3)11-13-8-6-7-9-14(13)19-5-2/h6-9H,4-5,10-12H2,1-3H3. The molecule has 0 spiro atoms. The van der Waals surface area contributed by atoms with Gasteiger partial charge in [0.15, 0.2) is 0 Å². The van der Waals surface area contributed by atoms with E-state index in [0.29, 0.717) is 19.7 Å². The zero-order chi connectivity index (χ0) is 14.1. The van der Waals surface area contributed by atoms with Gasteiger partial charge in [-0.2, -0.15) is 0 Å². The van der Waals surface area contributed by atoms with Crippen molar-refractivity contribution in [2.24, 2.45) is 0 Å². The predicted molar refractivity (Wildman–Crippen MR) is 75.2 cm³/mol. The molecule has 0 saturated carbocycles. The Morgan fingerprint density at radius 1 is 1.26 bits per heavy atom. The Morgan fingerprint density at radius 3 is 2.63 bits per heavy atom. The molecule has 0 atom stereocenters. The Balaban J connectivity index is 2.74. The summed E-state index contributed by atoms with van der Waals surface area (Å²) in [5, 5.41) is 0. The molecular weight excluding hydrogens is 242 g/mol. The van der Waals surface area contributed by atoms with Gasteiger partial charge in [-0.05, 0) is 26.0 Å². The molecule has 0 N–H and O–H groups in total. The topological polar surface area (TPSA) is 38.8 Å². The van der Waals surface area contributed by atoms with Crippen LogP contribution in [0, 0.1) is 0 Å². The molecule has 0 aliphatic heterocycles. The van der Waals surface area contributed by atoms with Crippen LogP contribution in [0.25, 0.3) is 0 Å². The van der Waals surface area contributed by atoms with Gasteiger partial charge in [-0.25, -0.2) is 0 Å². The second kappa shape index (κ2) is 8.53. The molecule has 1 aromatic carbocycles. The van der Waals surface area contributed by atoms with Crippen molar-refractivity contribution in [1.29, 1.82) is 0 Å². The van der Waals surface area contributed by atoms with E-state index >= 15 is 0 Å². The highest BCUT2D eigenvalue weighted by atomic mass is 16.5. The lowest BCUT2D eigenvalue weighted by Gasteiger charge is -2.21. The van der Waals surface area contributed by atoms with Crippen molar-refractivity contribution in [2.75, 3.05) is 26.8 Å². The lowest BCUT2D eigenvalue weighted by atomic mass is 10.2. The maximum atomic E-state index is 11.4. The van der Waals surface area contributed by atoms with Gasteiger partial charge in [-0.15, -0.1) is 0 Å². The second-order valence-electron chi connectivity index (χ2n) is 4.33. The Labute approximate surface area is 115 Å². The minimum Gasteiger partial charge on any atom is -0.494 e. The summed E-state index contributed by atoms with van der Waals surface area (Å²) in [6.07, 6.45) is 0.994. The average molecular weight is 265 g/mol. The van der Waals surface area contributed by atoms with E-state index < -0.39 is 0 Å². The van der Waals surface area contributed by atoms with Gasteiger partial charge in [0.1, 0.15) is 5.75 Å². The van der Waals surface area contributed by atoms with E-state index in [1.165, 1.54) is 7.11 Å². The van der Waals surface area contributed by atoms with Crippen LogP contribution in [0.4, 0.5) is 0 Å². The molecule has 0 bridgehead atoms. The molecule has 4 heteroatoms. The largest absolute Gasteiger partial charge is 0.494 e. The number of hydrogen-bond acceptors (Lipinski definition) is 4. The summed E-state index contributed by atoms with van der Waals surface area (Å²) in [7, 11) is 1.42. The summed E-state index contributed by atoms with van der Waals surface area (Å²) >= 11 is 0. The molecule has 0 aromatic heterocycles. The third kappa shape index (κ3) is 5.30. The first kappa shape index (κ1) is 15.5. The molecule has 1 aromatic rings. The van der Waals surface area contributed by atoms with Crippen molar-refractivity contribution in [3.63, 3.8) is 0 Å². The van der Waals surface area contributed by atoms with E-state index in [-0.39, 0.29) is 5.97 Å². The minimum atomic E-state index is -0.206. The molecule has 0 saturated heterocycles. The molecule has 0 unspecified atom stereocenters. The number of ether oxygens (including phenoxy) is 2. The minimum absolute atomic E-state index is 0.206. The van der Waals surface area contributed by atoms with Gasteiger partial charge in [0, 0.05) is 12.1 Å². The Kier molecular flexibility index (Phi) is 6.97. The van der Waals surface area contributed by atoms with Crippen LogP contribution in [0.3, 0.4) is 0 Å². The summed E-state index contributed by atoms with van der Waals surface area (Å²) in [6.45, 7) is 6.56. The number of esters is 1. The number of carbonyl (C=O) groups is 1. The van der Waals surface area contributed by atoms with Crippen molar-refractivity contribution in [1.82, 2.24) is 4.90 Å². The quantitative estimate of drug-likeness (QED) is 0.677. The molecular formula is C15H23NO3. The number of carbonyl (C=O) groups excluding carboxylic acids is 1. The number of para-hydroxylation sites is 1. The van der Waals surface area contributed by atoms with Crippen LogP contribution in [0.2, 0.25) is 0 Å². The lowest BCUT2D eigenvalue weighted by Crippen LogP contribution is -2.31. The summed E-state index contributed by atoms with van der Waals surface area (Å²) in [5.74, 6) is 0.679. The van der Waals surface area contributed by atoms with Crippen LogP contribution in [0.1, 0.15) is 25.8 Å². The van der Waals surface area contributed by atoms with Crippen LogP contribution < -0.4 is 4.74 Å². The fourth-order valence-electron chi connectivity index (χ4n) is 1.95. The van der Waals surface area contributed by atoms with Gasteiger partial charge in [0.25, 0.3) is 0 Å². The van der Waals surface area contributed by atoms with Crippen molar-refractivity contribution in [2.45, 2.75) is 26.8 Å². The summed E-state index contributed by atoms with van der Waals surface area (Å²) < 4.78 is 10.3. The number of benzene rings is 1. The van der Waals surface area contributed by atoms with E-state index in [9.17, 15) is 4.79 Å². The van der Waals surface area contributed by atoms with Crippen molar-refractivity contribution in [3.8, 4) is 5.75 Å². The number of nitrogens with zero attached hydrogens (tertiary/aromatic N) is 1. The van der Waals surface area contributed by atoms with Crippen LogP contribution in [0.5, 0.6) is 5.75 Å². The fourth-order valence-corrected chi connectivity index (χ4v) is 1.95. The van der Waals surface area contributed by atoms with Crippen LogP contribution >= 0.6 is 0 Å². The first-order valence-electron chi connectivity index (χ1n) is 6.71. The van der Waals surface area contributed by atoms with Crippen LogP contribution in [-0.4, -0.2) is 37.7 Å². The van der Waals surface area contributed by atoms with E-state index in [4.69, 9.17) is 9.47 Å². The first-order valence-corrected chi connectivity index (χ1v) is 6.71. The van der Waals surface area contributed by atoms with Crippen LogP contribution in [-0.2, 0) is 16.1 Å². The van der Waals surface area contributed by atoms with E-state index in [2.05, 4.69) is 11.8 Å². The van der Waals surface area contributed by atoms with Gasteiger partial charge >= 0.3 is 5.97 Å². The van der Waals surface area contributed by atoms with Gasteiger partial charge in [-0.1, -0.05) is 25.1 Å². The zero-order valence-electron chi connectivity index (χ0n) is 12.0. The maximum Gasteiger partial charge on any atom is 0.319 e. The highest BCUT2D eigenvalue weighted by Gasteiger charge is 2.13. The van der Waals surface area contributed by atoms with E-state index in [1.807, 2.05) is 31.2 Å². The highest BCUT2D eigenvalue weighted by Crippen LogP contribution is 2.19. The summed E-state index contributed by atoms with van der Waals surface area (Å²) in [5.41, 5.74) is 1.10. The molecule has 0 fully saturated rings. The smallest absolute Gasteiger partial charge is 0.319 e.